The summed E-state index contributed by atoms with van der Waals surface area (Å²) in [5, 5.41) is 6.88. The fourth-order valence-corrected chi connectivity index (χ4v) is 2.19. The van der Waals surface area contributed by atoms with Crippen molar-refractivity contribution in [2.75, 3.05) is 18.6 Å². The van der Waals surface area contributed by atoms with Crippen LogP contribution < -0.4 is 4.90 Å². The van der Waals surface area contributed by atoms with E-state index in [-0.39, 0.29) is 24.2 Å². The molecule has 6 nitrogen and oxygen atoms in total. The number of carbonyl (C=O) groups excluding carboxylic acids is 2. The van der Waals surface area contributed by atoms with Crippen molar-refractivity contribution >= 4 is 17.6 Å². The minimum absolute atomic E-state index is 0.0620. The van der Waals surface area contributed by atoms with Crippen LogP contribution in [0.2, 0.25) is 0 Å². The number of ether oxygens (including phenoxy) is 1. The Bertz CT molecular complexity index is 447. The van der Waals surface area contributed by atoms with E-state index in [0.29, 0.717) is 6.54 Å². The topological polar surface area (TPSA) is 75.3 Å². The molecule has 1 saturated heterocycles. The molecule has 1 N–H and O–H groups in total. The lowest BCUT2D eigenvalue weighted by atomic mass is 10.1. The van der Waals surface area contributed by atoms with Crippen LogP contribution in [-0.4, -0.2) is 35.7 Å². The van der Waals surface area contributed by atoms with Gasteiger partial charge in [0.25, 0.3) is 0 Å². The summed E-state index contributed by atoms with van der Waals surface area (Å²) in [6.07, 6.45) is 0.205. The van der Waals surface area contributed by atoms with Crippen LogP contribution in [0.15, 0.2) is 0 Å². The first kappa shape index (κ1) is 11.6. The Hall–Kier alpha value is -1.85. The number of aromatic nitrogens is 2. The molecule has 92 valence electrons. The van der Waals surface area contributed by atoms with Crippen LogP contribution >= 0.6 is 0 Å². The largest absolute Gasteiger partial charge is 0.469 e. The zero-order valence-corrected chi connectivity index (χ0v) is 10.1. The number of aryl methyl sites for hydroxylation is 2. The van der Waals surface area contributed by atoms with Crippen LogP contribution in [0.5, 0.6) is 0 Å². The smallest absolute Gasteiger partial charge is 0.311 e. The highest BCUT2D eigenvalue weighted by atomic mass is 16.5. The highest BCUT2D eigenvalue weighted by Crippen LogP contribution is 2.29. The van der Waals surface area contributed by atoms with E-state index >= 15 is 0 Å². The maximum atomic E-state index is 11.9. The summed E-state index contributed by atoms with van der Waals surface area (Å²) in [5.74, 6) is -0.770. The van der Waals surface area contributed by atoms with Crippen molar-refractivity contribution in [3.63, 3.8) is 0 Å². The normalized spacial score (nSPS) is 19.8. The highest BCUT2D eigenvalue weighted by Gasteiger charge is 2.37. The van der Waals surface area contributed by atoms with Crippen molar-refractivity contribution in [3.8, 4) is 0 Å². The molecule has 0 aromatic carbocycles. The van der Waals surface area contributed by atoms with Gasteiger partial charge in [-0.2, -0.15) is 5.10 Å². The fraction of sp³-hybridized carbons (Fsp3) is 0.545. The van der Waals surface area contributed by atoms with Crippen LogP contribution in [0.25, 0.3) is 0 Å². The summed E-state index contributed by atoms with van der Waals surface area (Å²) in [7, 11) is 1.34. The molecule has 1 unspecified atom stereocenters. The standard InChI is InChI=1S/C11H15N3O3/c1-6-10(7(2)13-12-6)14-5-8(4-9(14)15)11(16)17-3/h8H,4-5H2,1-3H3,(H,12,13). The summed E-state index contributed by atoms with van der Waals surface area (Å²) >= 11 is 0. The molecule has 0 saturated carbocycles. The molecular weight excluding hydrogens is 222 g/mol. The molecule has 2 rings (SSSR count). The molecule has 0 aliphatic carbocycles. The van der Waals surface area contributed by atoms with Crippen LogP contribution in [-0.2, 0) is 14.3 Å². The van der Waals surface area contributed by atoms with Gasteiger partial charge in [0.05, 0.1) is 30.1 Å². The number of amides is 1. The van der Waals surface area contributed by atoms with E-state index in [1.165, 1.54) is 7.11 Å². The van der Waals surface area contributed by atoms with Crippen molar-refractivity contribution < 1.29 is 14.3 Å². The quantitative estimate of drug-likeness (QED) is 0.762. The Labute approximate surface area is 98.9 Å². The number of aromatic amines is 1. The molecule has 0 bridgehead atoms. The Morgan fingerprint density at radius 2 is 2.24 bits per heavy atom. The van der Waals surface area contributed by atoms with Gasteiger partial charge in [0.15, 0.2) is 0 Å². The average Bonchev–Trinajstić information content (AvgIpc) is 2.82. The molecule has 0 radical (unpaired) electrons. The Kier molecular flexibility index (Phi) is 2.87. The van der Waals surface area contributed by atoms with Crippen LogP contribution in [0.3, 0.4) is 0 Å². The van der Waals surface area contributed by atoms with E-state index < -0.39 is 0 Å². The third kappa shape index (κ3) is 1.90. The summed E-state index contributed by atoms with van der Waals surface area (Å²) in [4.78, 5) is 24.9. The number of nitrogens with zero attached hydrogens (tertiary/aromatic N) is 2. The van der Waals surface area contributed by atoms with Crippen LogP contribution in [0.4, 0.5) is 5.69 Å². The number of hydrogen-bond acceptors (Lipinski definition) is 4. The third-order valence-corrected chi connectivity index (χ3v) is 3.02. The lowest BCUT2D eigenvalue weighted by Crippen LogP contribution is -2.27. The fourth-order valence-electron chi connectivity index (χ4n) is 2.19. The van der Waals surface area contributed by atoms with Gasteiger partial charge in [0.2, 0.25) is 5.91 Å². The lowest BCUT2D eigenvalue weighted by Gasteiger charge is -2.16. The molecule has 1 aliphatic rings. The summed E-state index contributed by atoms with van der Waals surface area (Å²) < 4.78 is 4.67. The monoisotopic (exact) mass is 237 g/mol. The lowest BCUT2D eigenvalue weighted by molar-refractivity contribution is -0.145. The number of hydrogen-bond donors (Lipinski definition) is 1. The van der Waals surface area contributed by atoms with Crippen LogP contribution in [0.1, 0.15) is 17.8 Å². The first-order chi connectivity index (χ1) is 8.04. The molecule has 1 fully saturated rings. The van der Waals surface area contributed by atoms with Crippen molar-refractivity contribution in [3.05, 3.63) is 11.4 Å². The van der Waals surface area contributed by atoms with E-state index in [1.54, 1.807) is 4.90 Å². The molecule has 1 amide bonds. The molecule has 1 aromatic heterocycles. The zero-order chi connectivity index (χ0) is 12.6. The van der Waals surface area contributed by atoms with Crippen molar-refractivity contribution in [2.24, 2.45) is 5.92 Å². The molecule has 6 heteroatoms. The van der Waals surface area contributed by atoms with Gasteiger partial charge in [-0.1, -0.05) is 0 Å². The summed E-state index contributed by atoms with van der Waals surface area (Å²) in [6.45, 7) is 4.05. The number of nitrogens with one attached hydrogen (secondary N) is 1. The van der Waals surface area contributed by atoms with E-state index in [1.807, 2.05) is 13.8 Å². The summed E-state index contributed by atoms with van der Waals surface area (Å²) in [5.41, 5.74) is 2.38. The second-order valence-corrected chi connectivity index (χ2v) is 4.21. The van der Waals surface area contributed by atoms with E-state index in [0.717, 1.165) is 17.1 Å². The number of rotatable bonds is 2. The zero-order valence-electron chi connectivity index (χ0n) is 10.1. The maximum Gasteiger partial charge on any atom is 0.311 e. The maximum absolute atomic E-state index is 11.9. The van der Waals surface area contributed by atoms with E-state index in [4.69, 9.17) is 0 Å². The predicted octanol–water partition coefficient (Wildman–Crippen LogP) is 0.552. The first-order valence-corrected chi connectivity index (χ1v) is 5.44. The van der Waals surface area contributed by atoms with Gasteiger partial charge in [-0.25, -0.2) is 0 Å². The third-order valence-electron chi connectivity index (χ3n) is 3.02. The number of anilines is 1. The van der Waals surface area contributed by atoms with Gasteiger partial charge < -0.3 is 9.64 Å². The van der Waals surface area contributed by atoms with Gasteiger partial charge in [0, 0.05) is 13.0 Å². The number of H-pyrrole nitrogens is 1. The molecule has 1 atom stereocenters. The second kappa shape index (κ2) is 4.20. The minimum atomic E-state index is -0.374. The van der Waals surface area contributed by atoms with E-state index in [9.17, 15) is 9.59 Å². The van der Waals surface area contributed by atoms with Crippen molar-refractivity contribution in [2.45, 2.75) is 20.3 Å². The molecule has 2 heterocycles. The molecule has 0 spiro atoms. The van der Waals surface area contributed by atoms with Gasteiger partial charge >= 0.3 is 5.97 Å². The van der Waals surface area contributed by atoms with Crippen LogP contribution in [0, 0.1) is 19.8 Å². The Morgan fingerprint density at radius 1 is 1.53 bits per heavy atom. The first-order valence-electron chi connectivity index (χ1n) is 5.44. The number of esters is 1. The predicted molar refractivity (Wildman–Crippen MR) is 60.5 cm³/mol. The molecule has 1 aromatic rings. The van der Waals surface area contributed by atoms with Gasteiger partial charge in [0.1, 0.15) is 0 Å². The minimum Gasteiger partial charge on any atom is -0.469 e. The highest BCUT2D eigenvalue weighted by molar-refractivity contribution is 6.00. The molecule has 1 aliphatic heterocycles. The molecular formula is C11H15N3O3. The number of methoxy groups -OCH3 is 1. The Morgan fingerprint density at radius 3 is 2.76 bits per heavy atom. The average molecular weight is 237 g/mol. The SMILES string of the molecule is COC(=O)C1CC(=O)N(c2c(C)n[nH]c2C)C1. The molecule has 17 heavy (non-hydrogen) atoms. The number of carbonyl (C=O) groups is 2. The van der Waals surface area contributed by atoms with Crippen molar-refractivity contribution in [1.82, 2.24) is 10.2 Å². The van der Waals surface area contributed by atoms with Crippen molar-refractivity contribution in [1.29, 1.82) is 0 Å². The Balaban J connectivity index is 2.25. The van der Waals surface area contributed by atoms with Gasteiger partial charge in [-0.05, 0) is 13.8 Å². The second-order valence-electron chi connectivity index (χ2n) is 4.21. The summed E-state index contributed by atoms with van der Waals surface area (Å²) in [6, 6.07) is 0. The van der Waals surface area contributed by atoms with E-state index in [2.05, 4.69) is 14.9 Å². The van der Waals surface area contributed by atoms with Gasteiger partial charge in [-0.3, -0.25) is 14.7 Å². The van der Waals surface area contributed by atoms with Gasteiger partial charge in [-0.15, -0.1) is 0 Å².